The van der Waals surface area contributed by atoms with Crippen LogP contribution in [0, 0.1) is 5.82 Å². The van der Waals surface area contributed by atoms with Crippen LogP contribution in [-0.2, 0) is 0 Å². The van der Waals surface area contributed by atoms with E-state index in [0.717, 1.165) is 0 Å². The fourth-order valence-corrected chi connectivity index (χ4v) is 1.13. The molecule has 2 N–H and O–H groups in total. The van der Waals surface area contributed by atoms with E-state index in [0.29, 0.717) is 11.3 Å². The fourth-order valence-electron chi connectivity index (χ4n) is 1.13. The van der Waals surface area contributed by atoms with E-state index in [1.165, 1.54) is 25.1 Å². The molecule has 0 aromatic heterocycles. The van der Waals surface area contributed by atoms with Crippen LogP contribution in [-0.4, -0.2) is 23.4 Å². The average Bonchev–Trinajstić information content (AvgIpc) is 2.15. The number of benzene rings is 1. The maximum Gasteiger partial charge on any atom is 0.125 e. The molecule has 4 heteroatoms. The average molecular weight is 200 g/mol. The fraction of sp³-hybridized carbons (Fsp3) is 0.400. The van der Waals surface area contributed by atoms with Crippen molar-refractivity contribution >= 4 is 0 Å². The number of aliphatic hydroxyl groups excluding tert-OH is 2. The van der Waals surface area contributed by atoms with E-state index >= 15 is 0 Å². The van der Waals surface area contributed by atoms with Crippen LogP contribution in [0.2, 0.25) is 0 Å². The van der Waals surface area contributed by atoms with Gasteiger partial charge in [-0.25, -0.2) is 4.39 Å². The van der Waals surface area contributed by atoms with Crippen LogP contribution in [0.15, 0.2) is 18.2 Å². The van der Waals surface area contributed by atoms with E-state index in [-0.39, 0.29) is 13.2 Å². The molecule has 78 valence electrons. The van der Waals surface area contributed by atoms with E-state index in [1.807, 2.05) is 0 Å². The molecule has 0 aliphatic carbocycles. The third-order valence-corrected chi connectivity index (χ3v) is 1.77. The van der Waals surface area contributed by atoms with E-state index in [9.17, 15) is 9.50 Å². The highest BCUT2D eigenvalue weighted by Gasteiger charge is 2.10. The normalized spacial score (nSPS) is 12.6. The lowest BCUT2D eigenvalue weighted by Gasteiger charge is -2.12. The zero-order valence-electron chi connectivity index (χ0n) is 7.90. The van der Waals surface area contributed by atoms with E-state index in [2.05, 4.69) is 0 Å². The molecule has 1 atom stereocenters. The second kappa shape index (κ2) is 4.93. The summed E-state index contributed by atoms with van der Waals surface area (Å²) in [5.74, 6) is -0.0206. The first-order valence-electron chi connectivity index (χ1n) is 4.36. The van der Waals surface area contributed by atoms with E-state index < -0.39 is 11.9 Å². The van der Waals surface area contributed by atoms with Crippen LogP contribution in [0.3, 0.4) is 0 Å². The third kappa shape index (κ3) is 2.68. The number of ether oxygens (including phenoxy) is 1. The van der Waals surface area contributed by atoms with Gasteiger partial charge in [-0.15, -0.1) is 0 Å². The van der Waals surface area contributed by atoms with Crippen molar-refractivity contribution in [3.8, 4) is 5.75 Å². The molecule has 3 nitrogen and oxygen atoms in total. The number of hydrogen-bond acceptors (Lipinski definition) is 3. The molecular formula is C10H13FO3. The van der Waals surface area contributed by atoms with Crippen LogP contribution in [0.4, 0.5) is 4.39 Å². The lowest BCUT2D eigenvalue weighted by Crippen LogP contribution is -2.05. The standard InChI is InChI=1S/C10H13FO3/c1-7(13)9-6-8(11)2-3-10(9)14-5-4-12/h2-3,6-7,12-13H,4-5H2,1H3/t7-/m0/s1. The van der Waals surface area contributed by atoms with Crippen LogP contribution in [0.25, 0.3) is 0 Å². The third-order valence-electron chi connectivity index (χ3n) is 1.77. The van der Waals surface area contributed by atoms with Crippen LogP contribution in [0.5, 0.6) is 5.75 Å². The van der Waals surface area contributed by atoms with Gasteiger partial charge in [0.1, 0.15) is 18.2 Å². The molecule has 0 fully saturated rings. The Hall–Kier alpha value is -1.13. The molecule has 1 aromatic carbocycles. The molecule has 0 aliphatic rings. The quantitative estimate of drug-likeness (QED) is 0.769. The zero-order valence-corrected chi connectivity index (χ0v) is 7.90. The first kappa shape index (κ1) is 10.9. The minimum atomic E-state index is -0.792. The monoisotopic (exact) mass is 200 g/mol. The predicted octanol–water partition coefficient (Wildman–Crippen LogP) is 1.25. The number of hydrogen-bond donors (Lipinski definition) is 2. The Bertz CT molecular complexity index is 299. The lowest BCUT2D eigenvalue weighted by molar-refractivity contribution is 0.176. The summed E-state index contributed by atoms with van der Waals surface area (Å²) < 4.78 is 17.9. The van der Waals surface area contributed by atoms with Gasteiger partial charge in [0.2, 0.25) is 0 Å². The van der Waals surface area contributed by atoms with Gasteiger partial charge in [-0.05, 0) is 25.1 Å². The van der Waals surface area contributed by atoms with Crippen molar-refractivity contribution in [1.29, 1.82) is 0 Å². The first-order chi connectivity index (χ1) is 6.65. The summed E-state index contributed by atoms with van der Waals surface area (Å²) >= 11 is 0. The molecule has 0 spiro atoms. The molecular weight excluding hydrogens is 187 g/mol. The van der Waals surface area contributed by atoms with Crippen molar-refractivity contribution in [3.05, 3.63) is 29.6 Å². The van der Waals surface area contributed by atoms with Crippen molar-refractivity contribution in [2.45, 2.75) is 13.0 Å². The molecule has 0 aliphatic heterocycles. The topological polar surface area (TPSA) is 49.7 Å². The van der Waals surface area contributed by atoms with Gasteiger partial charge >= 0.3 is 0 Å². The summed E-state index contributed by atoms with van der Waals surface area (Å²) in [6, 6.07) is 3.91. The van der Waals surface area contributed by atoms with Crippen molar-refractivity contribution in [1.82, 2.24) is 0 Å². The number of aliphatic hydroxyl groups is 2. The SMILES string of the molecule is C[C@H](O)c1cc(F)ccc1OCCO. The molecule has 0 saturated heterocycles. The Labute approximate surface area is 81.8 Å². The van der Waals surface area contributed by atoms with Gasteiger partial charge in [0.25, 0.3) is 0 Å². The van der Waals surface area contributed by atoms with Gasteiger partial charge in [-0.2, -0.15) is 0 Å². The van der Waals surface area contributed by atoms with Crippen LogP contribution >= 0.6 is 0 Å². The second-order valence-electron chi connectivity index (χ2n) is 2.93. The number of halogens is 1. The Morgan fingerprint density at radius 2 is 2.21 bits per heavy atom. The molecule has 0 amide bonds. The Morgan fingerprint density at radius 1 is 1.50 bits per heavy atom. The first-order valence-corrected chi connectivity index (χ1v) is 4.36. The lowest BCUT2D eigenvalue weighted by atomic mass is 10.1. The molecule has 0 bridgehead atoms. The van der Waals surface area contributed by atoms with Crippen molar-refractivity contribution in [2.24, 2.45) is 0 Å². The predicted molar refractivity (Wildman–Crippen MR) is 49.6 cm³/mol. The van der Waals surface area contributed by atoms with Gasteiger partial charge in [-0.1, -0.05) is 0 Å². The zero-order chi connectivity index (χ0) is 10.6. The van der Waals surface area contributed by atoms with Crippen molar-refractivity contribution in [2.75, 3.05) is 13.2 Å². The van der Waals surface area contributed by atoms with Gasteiger partial charge in [-0.3, -0.25) is 0 Å². The summed E-state index contributed by atoms with van der Waals surface area (Å²) in [7, 11) is 0. The summed E-state index contributed by atoms with van der Waals surface area (Å²) in [6.07, 6.45) is -0.792. The molecule has 0 saturated carbocycles. The van der Waals surface area contributed by atoms with Crippen LogP contribution < -0.4 is 4.74 Å². The molecule has 1 rings (SSSR count). The summed E-state index contributed by atoms with van der Waals surface area (Å²) in [4.78, 5) is 0. The molecule has 0 radical (unpaired) electrons. The second-order valence-corrected chi connectivity index (χ2v) is 2.93. The Balaban J connectivity index is 2.90. The van der Waals surface area contributed by atoms with Gasteiger partial charge in [0, 0.05) is 5.56 Å². The van der Waals surface area contributed by atoms with Crippen LogP contribution in [0.1, 0.15) is 18.6 Å². The molecule has 0 heterocycles. The Kier molecular flexibility index (Phi) is 3.85. The molecule has 0 unspecified atom stereocenters. The van der Waals surface area contributed by atoms with Gasteiger partial charge in [0.05, 0.1) is 12.7 Å². The summed E-state index contributed by atoms with van der Waals surface area (Å²) in [6.45, 7) is 1.54. The van der Waals surface area contributed by atoms with Crippen molar-refractivity contribution in [3.63, 3.8) is 0 Å². The van der Waals surface area contributed by atoms with E-state index in [4.69, 9.17) is 9.84 Å². The highest BCUT2D eigenvalue weighted by Crippen LogP contribution is 2.25. The van der Waals surface area contributed by atoms with Gasteiger partial charge < -0.3 is 14.9 Å². The minimum absolute atomic E-state index is 0.114. The molecule has 1 aromatic rings. The highest BCUT2D eigenvalue weighted by atomic mass is 19.1. The van der Waals surface area contributed by atoms with Gasteiger partial charge in [0.15, 0.2) is 0 Å². The number of rotatable bonds is 4. The maximum atomic E-state index is 12.8. The Morgan fingerprint density at radius 3 is 2.79 bits per heavy atom. The maximum absolute atomic E-state index is 12.8. The smallest absolute Gasteiger partial charge is 0.125 e. The molecule has 14 heavy (non-hydrogen) atoms. The minimum Gasteiger partial charge on any atom is -0.491 e. The summed E-state index contributed by atoms with van der Waals surface area (Å²) in [5.41, 5.74) is 0.387. The van der Waals surface area contributed by atoms with Crippen molar-refractivity contribution < 1.29 is 19.3 Å². The highest BCUT2D eigenvalue weighted by molar-refractivity contribution is 5.35. The summed E-state index contributed by atoms with van der Waals surface area (Å²) in [5, 5.41) is 17.9. The van der Waals surface area contributed by atoms with E-state index in [1.54, 1.807) is 0 Å². The largest absolute Gasteiger partial charge is 0.491 e.